The van der Waals surface area contributed by atoms with Crippen LogP contribution in [0.2, 0.25) is 0 Å². The lowest BCUT2D eigenvalue weighted by atomic mass is 9.85. The molecule has 3 atom stereocenters. The van der Waals surface area contributed by atoms with Crippen LogP contribution in [0.25, 0.3) is 0 Å². The Bertz CT molecular complexity index is 1320. The van der Waals surface area contributed by atoms with Gasteiger partial charge in [0.25, 0.3) is 0 Å². The van der Waals surface area contributed by atoms with Crippen molar-refractivity contribution in [3.63, 3.8) is 0 Å². The summed E-state index contributed by atoms with van der Waals surface area (Å²) < 4.78 is 28.3. The average molecular weight is 637 g/mol. The second-order valence-corrected chi connectivity index (χ2v) is 14.3. The summed E-state index contributed by atoms with van der Waals surface area (Å²) in [5.74, 6) is -2.14. The van der Waals surface area contributed by atoms with Gasteiger partial charge in [-0.15, -0.1) is 0 Å². The third-order valence-electron chi connectivity index (χ3n) is 6.87. The number of carbonyl (C=O) groups excluding carboxylic acids is 2. The van der Waals surface area contributed by atoms with Crippen LogP contribution in [0.3, 0.4) is 0 Å². The highest BCUT2D eigenvalue weighted by Gasteiger charge is 2.36. The molecule has 0 aliphatic carbocycles. The lowest BCUT2D eigenvalue weighted by Crippen LogP contribution is -2.59. The Balaban J connectivity index is 2.36. The van der Waals surface area contributed by atoms with Gasteiger partial charge >= 0.3 is 0 Å². The van der Waals surface area contributed by atoms with Crippen LogP contribution >= 0.6 is 0 Å². The number of phenols is 2. The molecular weight excluding hydrogens is 588 g/mol. The summed E-state index contributed by atoms with van der Waals surface area (Å²) in [7, 11) is -4.22. The molecule has 0 unspecified atom stereocenters. The second-order valence-electron chi connectivity index (χ2n) is 12.4. The quantitative estimate of drug-likeness (QED) is 0.0993. The number of amides is 2. The van der Waals surface area contributed by atoms with Gasteiger partial charge in [-0.3, -0.25) is 9.59 Å². The molecule has 0 aromatic heterocycles. The monoisotopic (exact) mass is 636 g/mol. The van der Waals surface area contributed by atoms with Crippen LogP contribution in [0.15, 0.2) is 53.4 Å². The van der Waals surface area contributed by atoms with Gasteiger partial charge in [0.1, 0.15) is 6.04 Å². The molecule has 13 heteroatoms. The summed E-state index contributed by atoms with van der Waals surface area (Å²) in [5, 5.41) is 48.6. The van der Waals surface area contributed by atoms with Crippen LogP contribution in [-0.2, 0) is 26.0 Å². The van der Waals surface area contributed by atoms with Crippen molar-refractivity contribution in [1.82, 2.24) is 20.3 Å². The van der Waals surface area contributed by atoms with Crippen LogP contribution < -0.4 is 16.0 Å². The Morgan fingerprint density at radius 2 is 1.61 bits per heavy atom. The molecule has 2 aromatic rings. The summed E-state index contributed by atoms with van der Waals surface area (Å²) in [4.78, 5) is 26.1. The molecule has 0 spiro atoms. The summed E-state index contributed by atoms with van der Waals surface area (Å²) in [5.41, 5.74) is 0.0871. The largest absolute Gasteiger partial charge is 0.504 e. The number of hydrogen-bond donors (Lipinski definition) is 7. The number of aromatic hydroxyl groups is 2. The number of hydrogen-bond acceptors (Lipinski definition) is 9. The van der Waals surface area contributed by atoms with E-state index in [1.165, 1.54) is 6.07 Å². The molecular formula is C31H48N4O8S. The van der Waals surface area contributed by atoms with E-state index in [0.29, 0.717) is 13.0 Å². The van der Waals surface area contributed by atoms with Crippen molar-refractivity contribution in [2.24, 2.45) is 11.3 Å². The molecule has 0 radical (unpaired) electrons. The number of aliphatic hydroxyl groups excluding tert-OH is 2. The van der Waals surface area contributed by atoms with Crippen molar-refractivity contribution in [3.05, 3.63) is 54.1 Å². The molecule has 2 amide bonds. The summed E-state index contributed by atoms with van der Waals surface area (Å²) in [6.45, 7) is 9.06. The van der Waals surface area contributed by atoms with E-state index in [9.17, 15) is 33.3 Å². The van der Waals surface area contributed by atoms with Crippen LogP contribution in [0.4, 0.5) is 0 Å². The first-order chi connectivity index (χ1) is 20.6. The van der Waals surface area contributed by atoms with Crippen LogP contribution in [0.1, 0.15) is 46.6 Å². The summed E-state index contributed by atoms with van der Waals surface area (Å²) >= 11 is 0. The SMILES string of the molecule is CC(C)CN(C[C@@H](O)[C@H](Cc1ccccc1)NC(=O)[C@@H](NC(=O)CNCCCO)C(C)(C)C)S(=O)(=O)c1ccc(O)c(O)c1. The Labute approximate surface area is 260 Å². The van der Waals surface area contributed by atoms with E-state index in [1.807, 2.05) is 44.2 Å². The summed E-state index contributed by atoms with van der Waals surface area (Å²) in [6, 6.07) is 10.4. The number of phenolic OH excluding ortho intramolecular Hbond substituents is 2. The standard InChI is InChI=1S/C31H48N4O8S/c1-21(2)19-35(44(42,43)23-12-13-25(37)26(38)17-23)20-27(39)24(16-22-10-7-6-8-11-22)33-30(41)29(31(3,4)5)34-28(40)18-32-14-9-15-36/h6-8,10-13,17,21,24,27,29,32,36-39H,9,14-16,18-20H2,1-5H3,(H,33,41)(H,34,40)/t24-,27+,29+/m0/s1. The fourth-order valence-electron chi connectivity index (χ4n) is 4.54. The van der Waals surface area contributed by atoms with Crippen molar-refractivity contribution < 1.29 is 38.4 Å². The first kappa shape index (κ1) is 37.0. The molecule has 0 bridgehead atoms. The van der Waals surface area contributed by atoms with Gasteiger partial charge in [0.05, 0.1) is 23.6 Å². The molecule has 0 heterocycles. The Hall–Kier alpha value is -3.23. The van der Waals surface area contributed by atoms with Crippen molar-refractivity contribution >= 4 is 21.8 Å². The van der Waals surface area contributed by atoms with Gasteiger partial charge in [-0.25, -0.2) is 8.42 Å². The smallest absolute Gasteiger partial charge is 0.243 e. The van der Waals surface area contributed by atoms with Crippen molar-refractivity contribution in [1.29, 1.82) is 0 Å². The van der Waals surface area contributed by atoms with Gasteiger partial charge < -0.3 is 36.4 Å². The molecule has 0 aliphatic heterocycles. The van der Waals surface area contributed by atoms with Crippen molar-refractivity contribution in [2.75, 3.05) is 32.8 Å². The molecule has 246 valence electrons. The first-order valence-electron chi connectivity index (χ1n) is 14.7. The zero-order valence-electron chi connectivity index (χ0n) is 26.2. The lowest BCUT2D eigenvalue weighted by molar-refractivity contribution is -0.132. The maximum absolute atomic E-state index is 13.7. The zero-order valence-corrected chi connectivity index (χ0v) is 27.0. The predicted octanol–water partition coefficient (Wildman–Crippen LogP) is 1.34. The van der Waals surface area contributed by atoms with Gasteiger partial charge in [-0.2, -0.15) is 4.31 Å². The van der Waals surface area contributed by atoms with E-state index in [1.54, 1.807) is 20.8 Å². The van der Waals surface area contributed by atoms with Crippen LogP contribution in [0.5, 0.6) is 11.5 Å². The fourth-order valence-corrected chi connectivity index (χ4v) is 6.18. The van der Waals surface area contributed by atoms with E-state index in [4.69, 9.17) is 5.11 Å². The minimum atomic E-state index is -4.22. The van der Waals surface area contributed by atoms with Gasteiger partial charge in [0.15, 0.2) is 11.5 Å². The van der Waals surface area contributed by atoms with E-state index in [2.05, 4.69) is 16.0 Å². The van der Waals surface area contributed by atoms with E-state index < -0.39 is 56.9 Å². The van der Waals surface area contributed by atoms with E-state index in [0.717, 1.165) is 22.0 Å². The van der Waals surface area contributed by atoms with Gasteiger partial charge in [-0.05, 0) is 48.4 Å². The van der Waals surface area contributed by atoms with E-state index in [-0.39, 0.29) is 43.5 Å². The average Bonchev–Trinajstić information content (AvgIpc) is 2.94. The fraction of sp³-hybridized carbons (Fsp3) is 0.548. The number of carbonyl (C=O) groups is 2. The maximum atomic E-state index is 13.7. The first-order valence-corrected chi connectivity index (χ1v) is 16.2. The topological polar surface area (TPSA) is 189 Å². The third kappa shape index (κ3) is 11.4. The number of sulfonamides is 1. The molecule has 7 N–H and O–H groups in total. The van der Waals surface area contributed by atoms with Crippen LogP contribution in [-0.4, -0.2) is 95.9 Å². The number of nitrogens with one attached hydrogen (secondary N) is 3. The minimum absolute atomic E-state index is 0.0138. The van der Waals surface area contributed by atoms with Gasteiger partial charge in [0, 0.05) is 25.8 Å². The van der Waals surface area contributed by atoms with Crippen molar-refractivity contribution in [3.8, 4) is 11.5 Å². The predicted molar refractivity (Wildman–Crippen MR) is 167 cm³/mol. The highest BCUT2D eigenvalue weighted by Crippen LogP contribution is 2.29. The highest BCUT2D eigenvalue weighted by molar-refractivity contribution is 7.89. The lowest BCUT2D eigenvalue weighted by Gasteiger charge is -2.34. The summed E-state index contributed by atoms with van der Waals surface area (Å²) in [6.07, 6.45) is -0.709. The number of nitrogens with zero attached hydrogens (tertiary/aromatic N) is 1. The molecule has 2 aromatic carbocycles. The van der Waals surface area contributed by atoms with Crippen LogP contribution in [0, 0.1) is 11.3 Å². The Morgan fingerprint density at radius 3 is 2.18 bits per heavy atom. The molecule has 0 saturated carbocycles. The molecule has 12 nitrogen and oxygen atoms in total. The number of benzene rings is 2. The van der Waals surface area contributed by atoms with Crippen molar-refractivity contribution in [2.45, 2.75) is 70.5 Å². The third-order valence-corrected chi connectivity index (χ3v) is 8.69. The molecule has 2 rings (SSSR count). The molecule has 0 saturated heterocycles. The Kier molecular flexibility index (Phi) is 14.1. The second kappa shape index (κ2) is 16.7. The number of rotatable bonds is 17. The molecule has 0 fully saturated rings. The van der Waals surface area contributed by atoms with Gasteiger partial charge in [0.2, 0.25) is 21.8 Å². The molecule has 44 heavy (non-hydrogen) atoms. The van der Waals surface area contributed by atoms with Gasteiger partial charge in [-0.1, -0.05) is 65.0 Å². The molecule has 0 aliphatic rings. The minimum Gasteiger partial charge on any atom is -0.504 e. The normalized spacial score (nSPS) is 14.3. The number of aliphatic hydroxyl groups is 2. The highest BCUT2D eigenvalue weighted by atomic mass is 32.2. The maximum Gasteiger partial charge on any atom is 0.243 e. The van der Waals surface area contributed by atoms with E-state index >= 15 is 0 Å². The zero-order chi connectivity index (χ0) is 33.1. The Morgan fingerprint density at radius 1 is 0.955 bits per heavy atom.